The van der Waals surface area contributed by atoms with Crippen molar-refractivity contribution in [2.24, 2.45) is 5.92 Å². The first kappa shape index (κ1) is 24.7. The summed E-state index contributed by atoms with van der Waals surface area (Å²) in [6, 6.07) is 9.60. The Morgan fingerprint density at radius 3 is 2.48 bits per heavy atom. The molecule has 0 aliphatic carbocycles. The van der Waals surface area contributed by atoms with Crippen LogP contribution in [0.5, 0.6) is 0 Å². The molecule has 1 unspecified atom stereocenters. The summed E-state index contributed by atoms with van der Waals surface area (Å²) in [5.74, 6) is -2.07. The van der Waals surface area contributed by atoms with Gasteiger partial charge >= 0.3 is 12.1 Å². The third-order valence-corrected chi connectivity index (χ3v) is 5.63. The van der Waals surface area contributed by atoms with Gasteiger partial charge in [-0.25, -0.2) is 9.78 Å². The Morgan fingerprint density at radius 1 is 1.18 bits per heavy atom. The van der Waals surface area contributed by atoms with Crippen LogP contribution >= 0.6 is 0 Å². The number of hydrogen-bond donors (Lipinski definition) is 2. The summed E-state index contributed by atoms with van der Waals surface area (Å²) < 4.78 is 39.4. The SMILES string of the molecule is O=C(NCC1CN(CC2CCOCC2)Cc2cncn21)c1ccccc1.O=C(O)C(F)(F)F. The van der Waals surface area contributed by atoms with Gasteiger partial charge in [-0.1, -0.05) is 18.2 Å². The van der Waals surface area contributed by atoms with E-state index >= 15 is 0 Å². The highest BCUT2D eigenvalue weighted by atomic mass is 19.4. The molecule has 2 aliphatic heterocycles. The molecule has 1 saturated heterocycles. The fourth-order valence-corrected chi connectivity index (χ4v) is 3.96. The summed E-state index contributed by atoms with van der Waals surface area (Å²) in [7, 11) is 0. The van der Waals surface area contributed by atoms with Crippen LogP contribution in [0.2, 0.25) is 0 Å². The minimum Gasteiger partial charge on any atom is -0.475 e. The molecular formula is C22H27F3N4O4. The van der Waals surface area contributed by atoms with Crippen molar-refractivity contribution in [1.29, 1.82) is 0 Å². The van der Waals surface area contributed by atoms with E-state index in [0.29, 0.717) is 18.0 Å². The van der Waals surface area contributed by atoms with Crippen LogP contribution < -0.4 is 5.32 Å². The second-order valence-corrected chi connectivity index (χ2v) is 8.07. The van der Waals surface area contributed by atoms with E-state index in [4.69, 9.17) is 14.6 Å². The third-order valence-electron chi connectivity index (χ3n) is 5.63. The molecule has 2 aromatic rings. The van der Waals surface area contributed by atoms with Crippen molar-refractivity contribution >= 4 is 11.9 Å². The van der Waals surface area contributed by atoms with Gasteiger partial charge in [0.05, 0.1) is 18.1 Å². The van der Waals surface area contributed by atoms with Gasteiger partial charge < -0.3 is 19.7 Å². The van der Waals surface area contributed by atoms with Crippen molar-refractivity contribution in [2.75, 3.05) is 32.8 Å². The van der Waals surface area contributed by atoms with Crippen molar-refractivity contribution in [1.82, 2.24) is 19.8 Å². The van der Waals surface area contributed by atoms with Gasteiger partial charge in [-0.15, -0.1) is 0 Å². The first-order valence-corrected chi connectivity index (χ1v) is 10.7. The molecule has 1 atom stereocenters. The maximum absolute atomic E-state index is 12.4. The summed E-state index contributed by atoms with van der Waals surface area (Å²) in [6.45, 7) is 5.34. The minimum absolute atomic E-state index is 0.0196. The maximum atomic E-state index is 12.4. The van der Waals surface area contributed by atoms with E-state index in [1.54, 1.807) is 0 Å². The number of carbonyl (C=O) groups excluding carboxylic acids is 1. The number of carboxylic acids is 1. The molecule has 1 aromatic heterocycles. The fraction of sp³-hybridized carbons (Fsp3) is 0.500. The minimum atomic E-state index is -5.08. The number of fused-ring (bicyclic) bond motifs is 1. The monoisotopic (exact) mass is 468 g/mol. The van der Waals surface area contributed by atoms with Gasteiger partial charge in [0.25, 0.3) is 5.91 Å². The Kier molecular flexibility index (Phi) is 8.45. The zero-order valence-corrected chi connectivity index (χ0v) is 18.0. The molecule has 11 heteroatoms. The van der Waals surface area contributed by atoms with E-state index in [1.807, 2.05) is 42.9 Å². The highest BCUT2D eigenvalue weighted by molar-refractivity contribution is 5.94. The molecular weight excluding hydrogens is 441 g/mol. The van der Waals surface area contributed by atoms with E-state index in [1.165, 1.54) is 5.69 Å². The number of imidazole rings is 1. The lowest BCUT2D eigenvalue weighted by Crippen LogP contribution is -2.44. The number of aliphatic carboxylic acids is 1. The number of ether oxygens (including phenoxy) is 1. The number of alkyl halides is 3. The first-order valence-electron chi connectivity index (χ1n) is 10.7. The van der Waals surface area contributed by atoms with E-state index in [2.05, 4.69) is 19.8 Å². The highest BCUT2D eigenvalue weighted by Gasteiger charge is 2.38. The van der Waals surface area contributed by atoms with Gasteiger partial charge in [0, 0.05) is 51.2 Å². The smallest absolute Gasteiger partial charge is 0.475 e. The number of carboxylic acid groups (broad SMARTS) is 1. The predicted molar refractivity (Wildman–Crippen MR) is 113 cm³/mol. The van der Waals surface area contributed by atoms with E-state index < -0.39 is 12.1 Å². The van der Waals surface area contributed by atoms with Crippen molar-refractivity contribution in [3.05, 3.63) is 54.1 Å². The number of amides is 1. The van der Waals surface area contributed by atoms with Crippen molar-refractivity contribution in [2.45, 2.75) is 31.6 Å². The van der Waals surface area contributed by atoms with Crippen LogP contribution in [-0.4, -0.2) is 70.5 Å². The molecule has 8 nitrogen and oxygen atoms in total. The maximum Gasteiger partial charge on any atom is 0.490 e. The Hall–Kier alpha value is -2.92. The van der Waals surface area contributed by atoms with Gasteiger partial charge in [-0.05, 0) is 30.9 Å². The van der Waals surface area contributed by atoms with E-state index in [9.17, 15) is 18.0 Å². The molecule has 2 N–H and O–H groups in total. The van der Waals surface area contributed by atoms with Gasteiger partial charge in [0.15, 0.2) is 0 Å². The number of benzene rings is 1. The van der Waals surface area contributed by atoms with Crippen molar-refractivity contribution < 1.29 is 32.6 Å². The number of nitrogens with one attached hydrogen (secondary N) is 1. The van der Waals surface area contributed by atoms with Crippen LogP contribution in [0, 0.1) is 5.92 Å². The molecule has 0 spiro atoms. The second kappa shape index (κ2) is 11.3. The zero-order chi connectivity index (χ0) is 23.8. The standard InChI is InChI=1S/C20H26N4O2.C2HF3O2/c25-20(17-4-2-1-3-5-17)22-11-19-14-23(12-16-6-8-26-9-7-16)13-18-10-21-15-24(18)19;3-2(4,5)1(6)7/h1-5,10,15-16,19H,6-9,11-14H2,(H,22,25);(H,6,7). The molecule has 3 heterocycles. The lowest BCUT2D eigenvalue weighted by atomic mass is 9.99. The zero-order valence-electron chi connectivity index (χ0n) is 18.0. The molecule has 4 rings (SSSR count). The molecule has 1 amide bonds. The molecule has 0 saturated carbocycles. The summed E-state index contributed by atoms with van der Waals surface area (Å²) in [6.07, 6.45) is 1.04. The van der Waals surface area contributed by atoms with Crippen LogP contribution in [-0.2, 0) is 16.1 Å². The van der Waals surface area contributed by atoms with Crippen LogP contribution in [0.15, 0.2) is 42.9 Å². The number of nitrogens with zero attached hydrogens (tertiary/aromatic N) is 3. The largest absolute Gasteiger partial charge is 0.490 e. The normalized spacial score (nSPS) is 19.2. The molecule has 2 aliphatic rings. The van der Waals surface area contributed by atoms with Crippen molar-refractivity contribution in [3.8, 4) is 0 Å². The van der Waals surface area contributed by atoms with Gasteiger partial charge in [0.2, 0.25) is 0 Å². The number of aromatic nitrogens is 2. The number of rotatable bonds is 5. The molecule has 0 bridgehead atoms. The first-order chi connectivity index (χ1) is 15.7. The molecule has 180 valence electrons. The lowest BCUT2D eigenvalue weighted by molar-refractivity contribution is -0.192. The average Bonchev–Trinajstić information content (AvgIpc) is 3.27. The lowest BCUT2D eigenvalue weighted by Gasteiger charge is -2.37. The Balaban J connectivity index is 0.000000383. The van der Waals surface area contributed by atoms with Gasteiger partial charge in [-0.2, -0.15) is 13.2 Å². The molecule has 0 radical (unpaired) electrons. The Morgan fingerprint density at radius 2 is 1.85 bits per heavy atom. The Labute approximate surface area is 189 Å². The number of hydrogen-bond acceptors (Lipinski definition) is 5. The van der Waals surface area contributed by atoms with Gasteiger partial charge in [0.1, 0.15) is 0 Å². The molecule has 1 fully saturated rings. The summed E-state index contributed by atoms with van der Waals surface area (Å²) in [5, 5.41) is 10.2. The summed E-state index contributed by atoms with van der Waals surface area (Å²) in [5.41, 5.74) is 1.93. The number of halogens is 3. The summed E-state index contributed by atoms with van der Waals surface area (Å²) in [4.78, 5) is 28.1. The molecule has 1 aromatic carbocycles. The van der Waals surface area contributed by atoms with E-state index in [-0.39, 0.29) is 11.9 Å². The second-order valence-electron chi connectivity index (χ2n) is 8.07. The predicted octanol–water partition coefficient (Wildman–Crippen LogP) is 2.73. The van der Waals surface area contributed by atoms with Crippen LogP contribution in [0.3, 0.4) is 0 Å². The van der Waals surface area contributed by atoms with Crippen LogP contribution in [0.25, 0.3) is 0 Å². The van der Waals surface area contributed by atoms with Gasteiger partial charge in [-0.3, -0.25) is 9.69 Å². The van der Waals surface area contributed by atoms with Crippen LogP contribution in [0.4, 0.5) is 13.2 Å². The quantitative estimate of drug-likeness (QED) is 0.701. The third kappa shape index (κ3) is 7.29. The van der Waals surface area contributed by atoms with E-state index in [0.717, 1.165) is 45.7 Å². The average molecular weight is 468 g/mol. The van der Waals surface area contributed by atoms with Crippen LogP contribution in [0.1, 0.15) is 34.9 Å². The topological polar surface area (TPSA) is 96.7 Å². The number of carbonyl (C=O) groups is 2. The Bertz CT molecular complexity index is 914. The van der Waals surface area contributed by atoms with Crippen molar-refractivity contribution in [3.63, 3.8) is 0 Å². The highest BCUT2D eigenvalue weighted by Crippen LogP contribution is 2.24. The molecule has 33 heavy (non-hydrogen) atoms. The summed E-state index contributed by atoms with van der Waals surface area (Å²) >= 11 is 0. The fourth-order valence-electron chi connectivity index (χ4n) is 3.96.